The minimum Gasteiger partial charge on any atom is -0.454 e. The van der Waals surface area contributed by atoms with Gasteiger partial charge in [-0.15, -0.1) is 0 Å². The Morgan fingerprint density at radius 3 is 2.74 bits per heavy atom. The average Bonchev–Trinajstić information content (AvgIpc) is 2.98. The number of halogens is 1. The van der Waals surface area contributed by atoms with Crippen LogP contribution in [0, 0.1) is 10.1 Å². The number of hydrogen-bond acceptors (Lipinski definition) is 5. The van der Waals surface area contributed by atoms with Crippen LogP contribution in [0.3, 0.4) is 0 Å². The Hall–Kier alpha value is -2.31. The van der Waals surface area contributed by atoms with Crippen molar-refractivity contribution >= 4 is 17.3 Å². The van der Waals surface area contributed by atoms with Crippen LogP contribution >= 0.6 is 11.6 Å². The van der Waals surface area contributed by atoms with Gasteiger partial charge in [0, 0.05) is 17.1 Å². The summed E-state index contributed by atoms with van der Waals surface area (Å²) < 4.78 is 10.5. The molecule has 23 heavy (non-hydrogen) atoms. The summed E-state index contributed by atoms with van der Waals surface area (Å²) in [5.41, 5.74) is 1.72. The quantitative estimate of drug-likeness (QED) is 0.498. The molecule has 0 unspecified atom stereocenters. The van der Waals surface area contributed by atoms with E-state index in [0.29, 0.717) is 35.2 Å². The first kappa shape index (κ1) is 15.6. The van der Waals surface area contributed by atoms with Gasteiger partial charge in [0.2, 0.25) is 6.79 Å². The number of nitro groups is 1. The molecular weight excluding hydrogens is 320 g/mol. The topological polar surface area (TPSA) is 73.6 Å². The molecule has 1 aliphatic heterocycles. The molecule has 0 spiro atoms. The first-order chi connectivity index (χ1) is 11.1. The van der Waals surface area contributed by atoms with Crippen molar-refractivity contribution in [2.75, 3.05) is 13.3 Å². The van der Waals surface area contributed by atoms with Crippen molar-refractivity contribution in [2.24, 2.45) is 0 Å². The standard InChI is InChI=1S/C16H15ClN2O4/c17-13-3-1-2-11(6-13)4-5-18-9-12-7-15-16(23-10-22-15)8-14(12)19(20)21/h1-3,6-8,18H,4-5,9-10H2. The lowest BCUT2D eigenvalue weighted by molar-refractivity contribution is -0.385. The number of ether oxygens (including phenoxy) is 2. The summed E-state index contributed by atoms with van der Waals surface area (Å²) in [6.45, 7) is 1.16. The highest BCUT2D eigenvalue weighted by molar-refractivity contribution is 6.30. The van der Waals surface area contributed by atoms with Crippen molar-refractivity contribution in [3.63, 3.8) is 0 Å². The smallest absolute Gasteiger partial charge is 0.277 e. The molecule has 0 bridgehead atoms. The van der Waals surface area contributed by atoms with E-state index in [1.165, 1.54) is 6.07 Å². The highest BCUT2D eigenvalue weighted by Gasteiger charge is 2.22. The summed E-state index contributed by atoms with van der Waals surface area (Å²) in [5.74, 6) is 0.960. The second-order valence-corrected chi connectivity index (χ2v) is 5.58. The van der Waals surface area contributed by atoms with Gasteiger partial charge in [-0.3, -0.25) is 10.1 Å². The van der Waals surface area contributed by atoms with Crippen molar-refractivity contribution in [1.82, 2.24) is 5.32 Å². The predicted molar refractivity (Wildman–Crippen MR) is 86.1 cm³/mol. The lowest BCUT2D eigenvalue weighted by Crippen LogP contribution is -2.17. The van der Waals surface area contributed by atoms with Crippen LogP contribution < -0.4 is 14.8 Å². The molecule has 7 heteroatoms. The number of nitro benzene ring substituents is 1. The van der Waals surface area contributed by atoms with Crippen LogP contribution in [0.4, 0.5) is 5.69 Å². The molecule has 0 amide bonds. The zero-order chi connectivity index (χ0) is 16.2. The molecule has 0 saturated heterocycles. The molecule has 0 aromatic heterocycles. The zero-order valence-corrected chi connectivity index (χ0v) is 13.0. The van der Waals surface area contributed by atoms with Gasteiger partial charge in [-0.1, -0.05) is 23.7 Å². The van der Waals surface area contributed by atoms with Gasteiger partial charge in [0.1, 0.15) is 0 Å². The Bertz CT molecular complexity index is 736. The lowest BCUT2D eigenvalue weighted by Gasteiger charge is -2.07. The third-order valence-corrected chi connectivity index (χ3v) is 3.80. The lowest BCUT2D eigenvalue weighted by atomic mass is 10.1. The van der Waals surface area contributed by atoms with Crippen molar-refractivity contribution in [1.29, 1.82) is 0 Å². The fourth-order valence-electron chi connectivity index (χ4n) is 2.43. The Labute approximate surface area is 138 Å². The Balaban J connectivity index is 1.62. The van der Waals surface area contributed by atoms with Gasteiger partial charge < -0.3 is 14.8 Å². The van der Waals surface area contributed by atoms with E-state index in [2.05, 4.69) is 5.32 Å². The van der Waals surface area contributed by atoms with Crippen molar-refractivity contribution in [3.05, 3.63) is 62.7 Å². The molecule has 120 valence electrons. The van der Waals surface area contributed by atoms with Crippen LogP contribution in [0.25, 0.3) is 0 Å². The molecule has 2 aromatic rings. The second-order valence-electron chi connectivity index (χ2n) is 5.15. The van der Waals surface area contributed by atoms with Gasteiger partial charge in [-0.25, -0.2) is 0 Å². The van der Waals surface area contributed by atoms with Crippen LogP contribution in [0.15, 0.2) is 36.4 Å². The first-order valence-electron chi connectivity index (χ1n) is 7.15. The minimum atomic E-state index is -0.407. The van der Waals surface area contributed by atoms with Crippen molar-refractivity contribution < 1.29 is 14.4 Å². The molecule has 0 fully saturated rings. The summed E-state index contributed by atoms with van der Waals surface area (Å²) in [4.78, 5) is 10.8. The van der Waals surface area contributed by atoms with Gasteiger partial charge in [0.15, 0.2) is 11.5 Å². The SMILES string of the molecule is O=[N+]([O-])c1cc2c(cc1CNCCc1cccc(Cl)c1)OCO2. The van der Waals surface area contributed by atoms with E-state index in [1.54, 1.807) is 6.07 Å². The van der Waals surface area contributed by atoms with E-state index in [9.17, 15) is 10.1 Å². The van der Waals surface area contributed by atoms with E-state index in [0.717, 1.165) is 12.0 Å². The molecule has 1 heterocycles. The first-order valence-corrected chi connectivity index (χ1v) is 7.53. The van der Waals surface area contributed by atoms with Crippen LogP contribution in [0.1, 0.15) is 11.1 Å². The molecule has 0 radical (unpaired) electrons. The monoisotopic (exact) mass is 334 g/mol. The maximum Gasteiger partial charge on any atom is 0.277 e. The van der Waals surface area contributed by atoms with E-state index < -0.39 is 4.92 Å². The van der Waals surface area contributed by atoms with Gasteiger partial charge in [-0.05, 0) is 36.7 Å². The molecule has 6 nitrogen and oxygen atoms in total. The highest BCUT2D eigenvalue weighted by atomic mass is 35.5. The molecule has 1 N–H and O–H groups in total. The van der Waals surface area contributed by atoms with Crippen molar-refractivity contribution in [3.8, 4) is 11.5 Å². The van der Waals surface area contributed by atoms with Gasteiger partial charge >= 0.3 is 0 Å². The van der Waals surface area contributed by atoms with Gasteiger partial charge in [0.05, 0.1) is 11.0 Å². The van der Waals surface area contributed by atoms with E-state index >= 15 is 0 Å². The summed E-state index contributed by atoms with van der Waals surface area (Å²) in [7, 11) is 0. The van der Waals surface area contributed by atoms with Crippen LogP contribution in [0.5, 0.6) is 11.5 Å². The molecule has 2 aromatic carbocycles. The summed E-state index contributed by atoms with van der Waals surface area (Å²) >= 11 is 5.94. The predicted octanol–water partition coefficient (Wildman–Crippen LogP) is 3.31. The summed E-state index contributed by atoms with van der Waals surface area (Å²) in [6, 6.07) is 10.7. The van der Waals surface area contributed by atoms with Crippen molar-refractivity contribution in [2.45, 2.75) is 13.0 Å². The molecule has 3 rings (SSSR count). The number of fused-ring (bicyclic) bond motifs is 1. The Morgan fingerprint density at radius 1 is 1.22 bits per heavy atom. The molecule has 0 saturated carbocycles. The maximum atomic E-state index is 11.2. The third-order valence-electron chi connectivity index (χ3n) is 3.57. The van der Waals surface area contributed by atoms with E-state index in [4.69, 9.17) is 21.1 Å². The minimum absolute atomic E-state index is 0.0319. The third kappa shape index (κ3) is 3.72. The summed E-state index contributed by atoms with van der Waals surface area (Å²) in [5, 5.41) is 15.1. The Morgan fingerprint density at radius 2 is 2.00 bits per heavy atom. The maximum absolute atomic E-state index is 11.2. The fraction of sp³-hybridized carbons (Fsp3) is 0.250. The molecule has 1 aliphatic rings. The fourth-order valence-corrected chi connectivity index (χ4v) is 2.65. The zero-order valence-electron chi connectivity index (χ0n) is 12.3. The highest BCUT2D eigenvalue weighted by Crippen LogP contribution is 2.37. The van der Waals surface area contributed by atoms with Gasteiger partial charge in [0.25, 0.3) is 5.69 Å². The Kier molecular flexibility index (Phi) is 4.64. The van der Waals surface area contributed by atoms with Gasteiger partial charge in [-0.2, -0.15) is 0 Å². The number of benzene rings is 2. The largest absolute Gasteiger partial charge is 0.454 e. The summed E-state index contributed by atoms with van der Waals surface area (Å²) in [6.07, 6.45) is 0.791. The second kappa shape index (κ2) is 6.85. The number of nitrogens with zero attached hydrogens (tertiary/aromatic N) is 1. The number of rotatable bonds is 6. The molecule has 0 atom stereocenters. The van der Waals surface area contributed by atoms with Crippen LogP contribution in [-0.2, 0) is 13.0 Å². The van der Waals surface area contributed by atoms with Crippen LogP contribution in [0.2, 0.25) is 5.02 Å². The average molecular weight is 335 g/mol. The van der Waals surface area contributed by atoms with Crippen LogP contribution in [-0.4, -0.2) is 18.3 Å². The normalized spacial score (nSPS) is 12.4. The molecular formula is C16H15ClN2O4. The molecule has 0 aliphatic carbocycles. The number of hydrogen-bond donors (Lipinski definition) is 1. The van der Waals surface area contributed by atoms with E-state index in [-0.39, 0.29) is 12.5 Å². The van der Waals surface area contributed by atoms with E-state index in [1.807, 2.05) is 24.3 Å². The number of nitrogens with one attached hydrogen (secondary N) is 1.